The molecule has 0 atom stereocenters. The molecular formula is C23H25N5O4S2. The second-order valence-corrected chi connectivity index (χ2v) is 9.50. The summed E-state index contributed by atoms with van der Waals surface area (Å²) < 4.78 is 5.96. The van der Waals surface area contributed by atoms with E-state index in [0.717, 1.165) is 10.1 Å². The molecule has 2 N–H and O–H groups in total. The number of benzene rings is 2. The molecule has 3 rings (SSSR count). The summed E-state index contributed by atoms with van der Waals surface area (Å²) in [4.78, 5) is 39.3. The van der Waals surface area contributed by atoms with Crippen molar-refractivity contribution in [2.24, 2.45) is 0 Å². The molecule has 0 spiro atoms. The molecule has 9 nitrogen and oxygen atoms in total. The SMILES string of the molecule is CCSc1nnc(NC(=O)CCC(=O)N(C)c2ccccc2C(=O)Nc2cccc(OC)c2)s1. The summed E-state index contributed by atoms with van der Waals surface area (Å²) in [5.41, 5.74) is 1.35. The van der Waals surface area contributed by atoms with Crippen LogP contribution < -0.4 is 20.3 Å². The molecule has 0 saturated heterocycles. The zero-order chi connectivity index (χ0) is 24.5. The second-order valence-electron chi connectivity index (χ2n) is 7.01. The van der Waals surface area contributed by atoms with Gasteiger partial charge in [-0.15, -0.1) is 10.2 Å². The van der Waals surface area contributed by atoms with E-state index in [0.29, 0.717) is 27.8 Å². The number of rotatable bonds is 10. The van der Waals surface area contributed by atoms with Gasteiger partial charge in [-0.2, -0.15) is 0 Å². The molecular weight excluding hydrogens is 474 g/mol. The highest BCUT2D eigenvalue weighted by Gasteiger charge is 2.20. The number of methoxy groups -OCH3 is 1. The van der Waals surface area contributed by atoms with E-state index in [2.05, 4.69) is 20.8 Å². The number of nitrogens with one attached hydrogen (secondary N) is 2. The molecule has 34 heavy (non-hydrogen) atoms. The molecule has 0 aliphatic heterocycles. The number of para-hydroxylation sites is 1. The van der Waals surface area contributed by atoms with Crippen molar-refractivity contribution in [3.05, 3.63) is 54.1 Å². The van der Waals surface area contributed by atoms with Crippen molar-refractivity contribution >= 4 is 57.3 Å². The molecule has 0 aliphatic carbocycles. The minimum Gasteiger partial charge on any atom is -0.497 e. The van der Waals surface area contributed by atoms with Crippen LogP contribution in [0.3, 0.4) is 0 Å². The Hall–Kier alpha value is -3.44. The van der Waals surface area contributed by atoms with E-state index in [4.69, 9.17) is 4.74 Å². The van der Waals surface area contributed by atoms with Crippen molar-refractivity contribution in [3.8, 4) is 5.75 Å². The minimum atomic E-state index is -0.363. The maximum atomic E-state index is 12.9. The molecule has 11 heteroatoms. The molecule has 0 fully saturated rings. The van der Waals surface area contributed by atoms with Crippen LogP contribution in [0.2, 0.25) is 0 Å². The number of ether oxygens (including phenoxy) is 1. The summed E-state index contributed by atoms with van der Waals surface area (Å²) in [5, 5.41) is 13.8. The predicted molar refractivity (Wildman–Crippen MR) is 135 cm³/mol. The van der Waals surface area contributed by atoms with Gasteiger partial charge in [0.15, 0.2) is 4.34 Å². The Morgan fingerprint density at radius 3 is 2.62 bits per heavy atom. The van der Waals surface area contributed by atoms with E-state index < -0.39 is 0 Å². The fraction of sp³-hybridized carbons (Fsp3) is 0.261. The van der Waals surface area contributed by atoms with Gasteiger partial charge in [-0.3, -0.25) is 14.4 Å². The minimum absolute atomic E-state index is 0.0167. The first-order chi connectivity index (χ1) is 16.4. The van der Waals surface area contributed by atoms with Crippen LogP contribution in [0, 0.1) is 0 Å². The lowest BCUT2D eigenvalue weighted by Gasteiger charge is -2.20. The number of carbonyl (C=O) groups is 3. The maximum absolute atomic E-state index is 12.9. The lowest BCUT2D eigenvalue weighted by atomic mass is 10.1. The standard InChI is InChI=1S/C23H25N5O4S2/c1-4-33-23-27-26-22(34-23)25-19(29)12-13-20(30)28(2)18-11-6-5-10-17(18)21(31)24-15-8-7-9-16(14-15)32-3/h5-11,14H,4,12-13H2,1-3H3,(H,24,31)(H,25,26,29). The van der Waals surface area contributed by atoms with Crippen LogP contribution >= 0.6 is 23.1 Å². The Balaban J connectivity index is 1.61. The van der Waals surface area contributed by atoms with Gasteiger partial charge in [-0.25, -0.2) is 0 Å². The van der Waals surface area contributed by atoms with E-state index in [-0.39, 0.29) is 30.6 Å². The highest BCUT2D eigenvalue weighted by molar-refractivity contribution is 8.01. The fourth-order valence-corrected chi connectivity index (χ4v) is 4.67. The largest absolute Gasteiger partial charge is 0.497 e. The highest BCUT2D eigenvalue weighted by atomic mass is 32.2. The van der Waals surface area contributed by atoms with Crippen LogP contribution in [0.5, 0.6) is 5.75 Å². The first-order valence-corrected chi connectivity index (χ1v) is 12.3. The third-order valence-corrected chi connectivity index (χ3v) is 6.55. The summed E-state index contributed by atoms with van der Waals surface area (Å²) in [5.74, 6) is 0.498. The first kappa shape index (κ1) is 25.2. The normalized spacial score (nSPS) is 10.4. The molecule has 178 valence electrons. The average Bonchev–Trinajstić information content (AvgIpc) is 3.29. The Labute approximate surface area is 205 Å². The third kappa shape index (κ3) is 6.78. The maximum Gasteiger partial charge on any atom is 0.257 e. The van der Waals surface area contributed by atoms with Gasteiger partial charge in [0.2, 0.25) is 16.9 Å². The van der Waals surface area contributed by atoms with Crippen molar-refractivity contribution < 1.29 is 19.1 Å². The van der Waals surface area contributed by atoms with Crippen molar-refractivity contribution in [3.63, 3.8) is 0 Å². The van der Waals surface area contributed by atoms with Crippen molar-refractivity contribution in [2.75, 3.05) is 35.4 Å². The predicted octanol–water partition coefficient (Wildman–Crippen LogP) is 4.29. The molecule has 0 unspecified atom stereocenters. The van der Waals surface area contributed by atoms with Crippen LogP contribution in [0.25, 0.3) is 0 Å². The molecule has 0 aliphatic rings. The molecule has 3 aromatic rings. The van der Waals surface area contributed by atoms with E-state index in [1.165, 1.54) is 16.2 Å². The van der Waals surface area contributed by atoms with Crippen molar-refractivity contribution in [1.29, 1.82) is 0 Å². The van der Waals surface area contributed by atoms with Crippen LogP contribution in [0.4, 0.5) is 16.5 Å². The van der Waals surface area contributed by atoms with Crippen LogP contribution in [-0.4, -0.2) is 47.8 Å². The molecule has 3 amide bonds. The topological polar surface area (TPSA) is 114 Å². The number of anilines is 3. The summed E-state index contributed by atoms with van der Waals surface area (Å²) in [6.07, 6.45) is -0.0410. The summed E-state index contributed by atoms with van der Waals surface area (Å²) >= 11 is 2.84. The van der Waals surface area contributed by atoms with Crippen LogP contribution in [-0.2, 0) is 9.59 Å². The number of hydrogen-bond acceptors (Lipinski definition) is 8. The Morgan fingerprint density at radius 1 is 1.06 bits per heavy atom. The number of hydrogen-bond donors (Lipinski definition) is 2. The zero-order valence-electron chi connectivity index (χ0n) is 19.0. The fourth-order valence-electron chi connectivity index (χ4n) is 3.00. The smallest absolute Gasteiger partial charge is 0.257 e. The van der Waals surface area contributed by atoms with Gasteiger partial charge in [0.05, 0.1) is 18.4 Å². The molecule has 1 heterocycles. The number of amides is 3. The van der Waals surface area contributed by atoms with E-state index >= 15 is 0 Å². The van der Waals surface area contributed by atoms with Crippen molar-refractivity contribution in [1.82, 2.24) is 10.2 Å². The lowest BCUT2D eigenvalue weighted by molar-refractivity contribution is -0.122. The van der Waals surface area contributed by atoms with Crippen LogP contribution in [0.15, 0.2) is 52.9 Å². The van der Waals surface area contributed by atoms with E-state index in [1.54, 1.807) is 74.5 Å². The van der Waals surface area contributed by atoms with Gasteiger partial charge in [-0.1, -0.05) is 48.2 Å². The zero-order valence-corrected chi connectivity index (χ0v) is 20.7. The number of carbonyl (C=O) groups excluding carboxylic acids is 3. The quantitative estimate of drug-likeness (QED) is 0.316. The van der Waals surface area contributed by atoms with Gasteiger partial charge in [-0.05, 0) is 30.0 Å². The molecule has 0 bridgehead atoms. The highest BCUT2D eigenvalue weighted by Crippen LogP contribution is 2.26. The molecule has 2 aromatic carbocycles. The Morgan fingerprint density at radius 2 is 1.85 bits per heavy atom. The number of thioether (sulfide) groups is 1. The monoisotopic (exact) mass is 499 g/mol. The third-order valence-electron chi connectivity index (χ3n) is 4.70. The summed E-state index contributed by atoms with van der Waals surface area (Å²) in [7, 11) is 3.13. The van der Waals surface area contributed by atoms with Gasteiger partial charge in [0.1, 0.15) is 5.75 Å². The average molecular weight is 500 g/mol. The summed E-state index contributed by atoms with van der Waals surface area (Å²) in [6, 6.07) is 13.8. The number of nitrogens with zero attached hydrogens (tertiary/aromatic N) is 3. The second kappa shape index (κ2) is 12.1. The number of aromatic nitrogens is 2. The lowest BCUT2D eigenvalue weighted by Crippen LogP contribution is -2.29. The van der Waals surface area contributed by atoms with E-state index in [1.807, 2.05) is 6.92 Å². The van der Waals surface area contributed by atoms with E-state index in [9.17, 15) is 14.4 Å². The Kier molecular flexibility index (Phi) is 9.00. The molecule has 0 saturated carbocycles. The first-order valence-electron chi connectivity index (χ1n) is 10.5. The van der Waals surface area contributed by atoms with Crippen LogP contribution in [0.1, 0.15) is 30.1 Å². The van der Waals surface area contributed by atoms with Gasteiger partial charge < -0.3 is 20.3 Å². The van der Waals surface area contributed by atoms with Gasteiger partial charge in [0.25, 0.3) is 5.91 Å². The Bertz CT molecular complexity index is 1170. The van der Waals surface area contributed by atoms with Crippen molar-refractivity contribution in [2.45, 2.75) is 24.1 Å². The molecule has 1 aromatic heterocycles. The van der Waals surface area contributed by atoms with Gasteiger partial charge in [0, 0.05) is 31.6 Å². The molecule has 0 radical (unpaired) electrons. The summed E-state index contributed by atoms with van der Waals surface area (Å²) in [6.45, 7) is 2.01. The van der Waals surface area contributed by atoms with Gasteiger partial charge >= 0.3 is 0 Å².